The molecule has 3 saturated heterocycles. The highest BCUT2D eigenvalue weighted by Gasteiger charge is 2.41. The van der Waals surface area contributed by atoms with Crippen LogP contribution in [0.25, 0.3) is 0 Å². The fraction of sp³-hybridized carbons (Fsp3) is 1.00. The maximum atomic E-state index is 5.90. The molecule has 2 bridgehead atoms. The third-order valence-corrected chi connectivity index (χ3v) is 4.59. The number of nitrogens with zero attached hydrogens (tertiary/aromatic N) is 1. The molecule has 0 aromatic carbocycles. The van der Waals surface area contributed by atoms with Crippen LogP contribution >= 0.6 is 0 Å². The molecule has 0 aromatic rings. The van der Waals surface area contributed by atoms with Crippen LogP contribution in [0.5, 0.6) is 0 Å². The first-order chi connectivity index (χ1) is 7.85. The molecule has 16 heavy (non-hydrogen) atoms. The number of likely N-dealkylation sites (tertiary alicyclic amines) is 1. The molecule has 3 nitrogen and oxygen atoms in total. The van der Waals surface area contributed by atoms with Gasteiger partial charge in [0.2, 0.25) is 0 Å². The van der Waals surface area contributed by atoms with Crippen molar-refractivity contribution in [1.29, 1.82) is 0 Å². The lowest BCUT2D eigenvalue weighted by Crippen LogP contribution is -2.48. The molecule has 1 N–H and O–H groups in total. The molecule has 3 atom stereocenters. The third kappa shape index (κ3) is 2.13. The van der Waals surface area contributed by atoms with Crippen molar-refractivity contribution in [1.82, 2.24) is 10.2 Å². The van der Waals surface area contributed by atoms with Crippen molar-refractivity contribution in [2.45, 2.75) is 63.3 Å². The van der Waals surface area contributed by atoms with E-state index in [0.29, 0.717) is 18.2 Å². The SMILES string of the molecule is CCN1CCC(NC2CC3CCC2O3)CC1. The maximum absolute atomic E-state index is 5.90. The Morgan fingerprint density at radius 1 is 1.19 bits per heavy atom. The van der Waals surface area contributed by atoms with Crippen LogP contribution < -0.4 is 5.32 Å². The van der Waals surface area contributed by atoms with Gasteiger partial charge in [-0.05, 0) is 51.7 Å². The number of nitrogens with one attached hydrogen (secondary N) is 1. The molecule has 92 valence electrons. The molecule has 3 heteroatoms. The second kappa shape index (κ2) is 4.63. The number of ether oxygens (including phenoxy) is 1. The van der Waals surface area contributed by atoms with E-state index in [1.807, 2.05) is 0 Å². The number of fused-ring (bicyclic) bond motifs is 2. The first-order valence-electron chi connectivity index (χ1n) is 6.99. The lowest BCUT2D eigenvalue weighted by molar-refractivity contribution is 0.0935. The number of hydrogen-bond donors (Lipinski definition) is 1. The second-order valence-electron chi connectivity index (χ2n) is 5.59. The number of hydrogen-bond acceptors (Lipinski definition) is 3. The standard InChI is InChI=1S/C13H24N2O/c1-2-15-7-5-10(6-8-15)14-12-9-11-3-4-13(12)16-11/h10-14H,2-9H2,1H3. The van der Waals surface area contributed by atoms with Gasteiger partial charge in [0.05, 0.1) is 12.2 Å². The van der Waals surface area contributed by atoms with Crippen LogP contribution in [0.1, 0.15) is 39.0 Å². The van der Waals surface area contributed by atoms with E-state index in [1.165, 1.54) is 51.7 Å². The Hall–Kier alpha value is -0.120. The van der Waals surface area contributed by atoms with Gasteiger partial charge in [0.1, 0.15) is 0 Å². The molecular weight excluding hydrogens is 200 g/mol. The van der Waals surface area contributed by atoms with Crippen molar-refractivity contribution >= 4 is 0 Å². The molecule has 3 rings (SSSR count). The zero-order chi connectivity index (χ0) is 11.0. The molecule has 0 aliphatic carbocycles. The lowest BCUT2D eigenvalue weighted by Gasteiger charge is -2.34. The van der Waals surface area contributed by atoms with Crippen LogP contribution in [0.15, 0.2) is 0 Å². The fourth-order valence-electron chi connectivity index (χ4n) is 3.53. The quantitative estimate of drug-likeness (QED) is 0.784. The first-order valence-corrected chi connectivity index (χ1v) is 6.99. The molecule has 3 heterocycles. The number of rotatable bonds is 3. The minimum atomic E-state index is 0.536. The van der Waals surface area contributed by atoms with E-state index in [4.69, 9.17) is 4.74 Å². The zero-order valence-corrected chi connectivity index (χ0v) is 10.3. The van der Waals surface area contributed by atoms with Gasteiger partial charge in [-0.25, -0.2) is 0 Å². The highest BCUT2D eigenvalue weighted by atomic mass is 16.5. The predicted molar refractivity (Wildman–Crippen MR) is 64.6 cm³/mol. The molecule has 3 fully saturated rings. The Morgan fingerprint density at radius 3 is 2.56 bits per heavy atom. The summed E-state index contributed by atoms with van der Waals surface area (Å²) in [5, 5.41) is 3.84. The molecule has 0 radical (unpaired) electrons. The summed E-state index contributed by atoms with van der Waals surface area (Å²) in [6.07, 6.45) is 7.61. The van der Waals surface area contributed by atoms with Gasteiger partial charge in [-0.3, -0.25) is 0 Å². The van der Waals surface area contributed by atoms with E-state index in [-0.39, 0.29) is 0 Å². The molecule has 0 spiro atoms. The van der Waals surface area contributed by atoms with Crippen LogP contribution in [-0.2, 0) is 4.74 Å². The van der Waals surface area contributed by atoms with E-state index in [2.05, 4.69) is 17.1 Å². The van der Waals surface area contributed by atoms with Crippen molar-refractivity contribution in [3.05, 3.63) is 0 Å². The van der Waals surface area contributed by atoms with Crippen molar-refractivity contribution in [3.8, 4) is 0 Å². The largest absolute Gasteiger partial charge is 0.373 e. The van der Waals surface area contributed by atoms with Crippen molar-refractivity contribution in [3.63, 3.8) is 0 Å². The van der Waals surface area contributed by atoms with Gasteiger partial charge in [0, 0.05) is 12.1 Å². The summed E-state index contributed by atoms with van der Waals surface area (Å²) in [6.45, 7) is 6.02. The summed E-state index contributed by atoms with van der Waals surface area (Å²) in [4.78, 5) is 2.55. The molecular formula is C13H24N2O. The van der Waals surface area contributed by atoms with Gasteiger partial charge in [0.25, 0.3) is 0 Å². The highest BCUT2D eigenvalue weighted by molar-refractivity contribution is 4.95. The van der Waals surface area contributed by atoms with Crippen molar-refractivity contribution in [2.24, 2.45) is 0 Å². The van der Waals surface area contributed by atoms with Gasteiger partial charge in [-0.15, -0.1) is 0 Å². The average molecular weight is 224 g/mol. The lowest BCUT2D eigenvalue weighted by atomic mass is 9.93. The topological polar surface area (TPSA) is 24.5 Å². The van der Waals surface area contributed by atoms with Gasteiger partial charge < -0.3 is 15.0 Å². The summed E-state index contributed by atoms with van der Waals surface area (Å²) in [6, 6.07) is 1.41. The van der Waals surface area contributed by atoms with Crippen LogP contribution in [0.4, 0.5) is 0 Å². The normalized spacial score (nSPS) is 40.7. The van der Waals surface area contributed by atoms with E-state index >= 15 is 0 Å². The smallest absolute Gasteiger partial charge is 0.0733 e. The second-order valence-corrected chi connectivity index (χ2v) is 5.59. The third-order valence-electron chi connectivity index (χ3n) is 4.59. The van der Waals surface area contributed by atoms with Crippen LogP contribution in [0.2, 0.25) is 0 Å². The maximum Gasteiger partial charge on any atom is 0.0733 e. The summed E-state index contributed by atoms with van der Waals surface area (Å²) in [7, 11) is 0. The zero-order valence-electron chi connectivity index (χ0n) is 10.3. The fourth-order valence-corrected chi connectivity index (χ4v) is 3.53. The number of piperidine rings is 1. The average Bonchev–Trinajstić information content (AvgIpc) is 2.92. The molecule has 3 aliphatic heterocycles. The summed E-state index contributed by atoms with van der Waals surface area (Å²) in [5.74, 6) is 0. The Bertz CT molecular complexity index is 238. The van der Waals surface area contributed by atoms with Crippen LogP contribution in [-0.4, -0.2) is 48.8 Å². The van der Waals surface area contributed by atoms with Crippen molar-refractivity contribution in [2.75, 3.05) is 19.6 Å². The van der Waals surface area contributed by atoms with E-state index < -0.39 is 0 Å². The Morgan fingerprint density at radius 2 is 2.00 bits per heavy atom. The molecule has 0 saturated carbocycles. The van der Waals surface area contributed by atoms with Crippen molar-refractivity contribution < 1.29 is 4.74 Å². The summed E-state index contributed by atoms with van der Waals surface area (Å²) in [5.41, 5.74) is 0. The molecule has 3 aliphatic rings. The summed E-state index contributed by atoms with van der Waals surface area (Å²) < 4.78 is 5.90. The Labute approximate surface area is 98.5 Å². The minimum absolute atomic E-state index is 0.536. The van der Waals surface area contributed by atoms with Crippen LogP contribution in [0.3, 0.4) is 0 Å². The van der Waals surface area contributed by atoms with Gasteiger partial charge in [-0.2, -0.15) is 0 Å². The minimum Gasteiger partial charge on any atom is -0.373 e. The molecule has 0 amide bonds. The van der Waals surface area contributed by atoms with Gasteiger partial charge in [-0.1, -0.05) is 6.92 Å². The van der Waals surface area contributed by atoms with E-state index in [9.17, 15) is 0 Å². The van der Waals surface area contributed by atoms with Gasteiger partial charge in [0.15, 0.2) is 0 Å². The Kier molecular flexibility index (Phi) is 3.18. The van der Waals surface area contributed by atoms with E-state index in [1.54, 1.807) is 0 Å². The van der Waals surface area contributed by atoms with E-state index in [0.717, 1.165) is 6.04 Å². The molecule has 3 unspecified atom stereocenters. The predicted octanol–water partition coefficient (Wildman–Crippen LogP) is 1.38. The monoisotopic (exact) mass is 224 g/mol. The Balaban J connectivity index is 1.46. The highest BCUT2D eigenvalue weighted by Crippen LogP contribution is 2.34. The van der Waals surface area contributed by atoms with Crippen LogP contribution in [0, 0.1) is 0 Å². The first kappa shape index (κ1) is 11.0. The summed E-state index contributed by atoms with van der Waals surface area (Å²) >= 11 is 0. The molecule has 0 aromatic heterocycles. The van der Waals surface area contributed by atoms with Gasteiger partial charge >= 0.3 is 0 Å².